The summed E-state index contributed by atoms with van der Waals surface area (Å²) < 4.78 is 21.8. The summed E-state index contributed by atoms with van der Waals surface area (Å²) in [5.41, 5.74) is -1.42. The molecule has 6 nitrogen and oxygen atoms in total. The standard InChI is InChI=1S/C10H19Br4O6P/c11-1-9(2-12,5-15)7-19-21(17,18)20-8-10(3-13,4-14)6-16/h15-16H,1-8H2,(H,17,18). The Morgan fingerprint density at radius 2 is 1.10 bits per heavy atom. The molecule has 0 saturated heterocycles. The number of phosphoric acid groups is 1. The van der Waals surface area contributed by atoms with Crippen molar-refractivity contribution in [3.63, 3.8) is 0 Å². The molecule has 0 aromatic heterocycles. The molecule has 0 aromatic rings. The number of hydrogen-bond acceptors (Lipinski definition) is 5. The van der Waals surface area contributed by atoms with Crippen LogP contribution in [0.5, 0.6) is 0 Å². The van der Waals surface area contributed by atoms with Crippen LogP contribution in [-0.4, -0.2) is 62.9 Å². The Hall–Kier alpha value is 1.95. The van der Waals surface area contributed by atoms with Crippen LogP contribution < -0.4 is 0 Å². The zero-order valence-electron chi connectivity index (χ0n) is 11.2. The van der Waals surface area contributed by atoms with E-state index in [4.69, 9.17) is 9.05 Å². The second-order valence-electron chi connectivity index (χ2n) is 4.87. The van der Waals surface area contributed by atoms with Gasteiger partial charge in [-0.1, -0.05) is 63.7 Å². The molecule has 0 bridgehead atoms. The second-order valence-corrected chi connectivity index (χ2v) is 8.56. The van der Waals surface area contributed by atoms with Gasteiger partial charge in [-0.05, 0) is 0 Å². The number of aliphatic hydroxyl groups excluding tert-OH is 2. The molecule has 0 saturated carbocycles. The first kappa shape index (κ1) is 22.9. The van der Waals surface area contributed by atoms with Crippen molar-refractivity contribution in [1.82, 2.24) is 0 Å². The summed E-state index contributed by atoms with van der Waals surface area (Å²) in [6.07, 6.45) is 0. The largest absolute Gasteiger partial charge is 0.472 e. The Morgan fingerprint density at radius 1 is 0.810 bits per heavy atom. The van der Waals surface area contributed by atoms with E-state index in [1.165, 1.54) is 0 Å². The lowest BCUT2D eigenvalue weighted by atomic mass is 9.97. The van der Waals surface area contributed by atoms with E-state index < -0.39 is 18.7 Å². The molecule has 0 spiro atoms. The van der Waals surface area contributed by atoms with Crippen molar-refractivity contribution in [3.05, 3.63) is 0 Å². The molecule has 0 atom stereocenters. The fourth-order valence-corrected chi connectivity index (χ4v) is 5.12. The molecular weight excluding hydrogens is 567 g/mol. The number of halogens is 4. The number of aliphatic hydroxyl groups is 2. The van der Waals surface area contributed by atoms with E-state index in [1.807, 2.05) is 0 Å². The fourth-order valence-electron chi connectivity index (χ4n) is 0.960. The molecule has 0 rings (SSSR count). The summed E-state index contributed by atoms with van der Waals surface area (Å²) in [4.78, 5) is 9.70. The highest BCUT2D eigenvalue weighted by molar-refractivity contribution is 9.10. The molecule has 0 fully saturated rings. The normalized spacial score (nSPS) is 13.7. The van der Waals surface area contributed by atoms with Gasteiger partial charge in [-0.2, -0.15) is 0 Å². The lowest BCUT2D eigenvalue weighted by Gasteiger charge is -2.30. The van der Waals surface area contributed by atoms with E-state index in [-0.39, 0.29) is 26.4 Å². The lowest BCUT2D eigenvalue weighted by molar-refractivity contribution is 0.0483. The van der Waals surface area contributed by atoms with Crippen LogP contribution in [0.25, 0.3) is 0 Å². The molecule has 3 N–H and O–H groups in total. The zero-order valence-corrected chi connectivity index (χ0v) is 18.4. The van der Waals surface area contributed by atoms with E-state index in [0.717, 1.165) is 0 Å². The molecule has 11 heteroatoms. The third-order valence-electron chi connectivity index (χ3n) is 2.87. The Balaban J connectivity index is 4.60. The molecule has 21 heavy (non-hydrogen) atoms. The lowest BCUT2D eigenvalue weighted by Crippen LogP contribution is -2.36. The minimum atomic E-state index is -4.27. The van der Waals surface area contributed by atoms with Gasteiger partial charge < -0.3 is 15.1 Å². The third-order valence-corrected chi connectivity index (χ3v) is 8.54. The van der Waals surface area contributed by atoms with Gasteiger partial charge in [-0.15, -0.1) is 0 Å². The zero-order chi connectivity index (χ0) is 16.6. The van der Waals surface area contributed by atoms with Gasteiger partial charge in [-0.25, -0.2) is 4.57 Å². The molecule has 0 heterocycles. The first-order valence-corrected chi connectivity index (χ1v) is 11.8. The van der Waals surface area contributed by atoms with Gasteiger partial charge in [-0.3, -0.25) is 9.05 Å². The first-order valence-electron chi connectivity index (χ1n) is 5.86. The highest BCUT2D eigenvalue weighted by Gasteiger charge is 2.35. The summed E-state index contributed by atoms with van der Waals surface area (Å²) in [7, 11) is -4.27. The third kappa shape index (κ3) is 7.58. The Kier molecular flexibility index (Phi) is 11.7. The number of rotatable bonds is 12. The fraction of sp³-hybridized carbons (Fsp3) is 1.00. The SMILES string of the molecule is O=P(O)(OCC(CO)(CBr)CBr)OCC(CO)(CBr)CBr. The Bertz CT molecular complexity index is 293. The van der Waals surface area contributed by atoms with Crippen LogP contribution in [0.4, 0.5) is 0 Å². The monoisotopic (exact) mass is 582 g/mol. The van der Waals surface area contributed by atoms with Crippen molar-refractivity contribution in [1.29, 1.82) is 0 Å². The molecule has 0 aromatic carbocycles. The van der Waals surface area contributed by atoms with Gasteiger partial charge >= 0.3 is 7.82 Å². The molecular formula is C10H19Br4O6P. The minimum absolute atomic E-state index is 0.150. The maximum atomic E-state index is 11.9. The maximum Gasteiger partial charge on any atom is 0.472 e. The van der Waals surface area contributed by atoms with E-state index in [9.17, 15) is 19.7 Å². The van der Waals surface area contributed by atoms with Crippen molar-refractivity contribution in [2.75, 3.05) is 47.7 Å². The quantitative estimate of drug-likeness (QED) is 0.241. The Labute approximate surface area is 158 Å². The van der Waals surface area contributed by atoms with E-state index in [0.29, 0.717) is 21.3 Å². The topological polar surface area (TPSA) is 96.2 Å². The summed E-state index contributed by atoms with van der Waals surface area (Å²) >= 11 is 13.0. The van der Waals surface area contributed by atoms with Gasteiger partial charge in [0, 0.05) is 32.2 Å². The van der Waals surface area contributed by atoms with Crippen LogP contribution in [0, 0.1) is 10.8 Å². The minimum Gasteiger partial charge on any atom is -0.396 e. The number of hydrogen-bond donors (Lipinski definition) is 3. The molecule has 0 unspecified atom stereocenters. The summed E-state index contributed by atoms with van der Waals surface area (Å²) in [5, 5.41) is 20.3. The van der Waals surface area contributed by atoms with Gasteiger partial charge in [0.05, 0.1) is 26.4 Å². The average Bonchev–Trinajstić information content (AvgIpc) is 2.51. The van der Waals surface area contributed by atoms with Crippen LogP contribution in [0.3, 0.4) is 0 Å². The highest BCUT2D eigenvalue weighted by Crippen LogP contribution is 2.46. The van der Waals surface area contributed by atoms with Crippen LogP contribution in [-0.2, 0) is 13.6 Å². The van der Waals surface area contributed by atoms with Crippen molar-refractivity contribution < 1.29 is 28.7 Å². The van der Waals surface area contributed by atoms with Crippen molar-refractivity contribution in [3.8, 4) is 0 Å². The van der Waals surface area contributed by atoms with Crippen molar-refractivity contribution in [2.24, 2.45) is 10.8 Å². The summed E-state index contributed by atoms with van der Waals surface area (Å²) in [5.74, 6) is 0. The van der Waals surface area contributed by atoms with E-state index >= 15 is 0 Å². The molecule has 0 aliphatic carbocycles. The van der Waals surface area contributed by atoms with Crippen LogP contribution >= 0.6 is 71.5 Å². The molecule has 128 valence electrons. The van der Waals surface area contributed by atoms with Crippen molar-refractivity contribution in [2.45, 2.75) is 0 Å². The number of alkyl halides is 4. The van der Waals surface area contributed by atoms with Gasteiger partial charge in [0.1, 0.15) is 0 Å². The van der Waals surface area contributed by atoms with E-state index in [2.05, 4.69) is 63.7 Å². The van der Waals surface area contributed by atoms with Gasteiger partial charge in [0.15, 0.2) is 0 Å². The van der Waals surface area contributed by atoms with Crippen LogP contribution in [0.1, 0.15) is 0 Å². The molecule has 0 aliphatic heterocycles. The van der Waals surface area contributed by atoms with Gasteiger partial charge in [0.25, 0.3) is 0 Å². The van der Waals surface area contributed by atoms with Crippen LogP contribution in [0.15, 0.2) is 0 Å². The average molecular weight is 586 g/mol. The van der Waals surface area contributed by atoms with Gasteiger partial charge in [0.2, 0.25) is 0 Å². The summed E-state index contributed by atoms with van der Waals surface area (Å²) in [6.45, 7) is -0.731. The number of phosphoric ester groups is 1. The van der Waals surface area contributed by atoms with E-state index in [1.54, 1.807) is 0 Å². The van der Waals surface area contributed by atoms with Crippen molar-refractivity contribution >= 4 is 71.5 Å². The van der Waals surface area contributed by atoms with Crippen LogP contribution in [0.2, 0.25) is 0 Å². The predicted octanol–water partition coefficient (Wildman–Crippen LogP) is 2.66. The Morgan fingerprint density at radius 3 is 1.29 bits per heavy atom. The predicted molar refractivity (Wildman–Crippen MR) is 95.9 cm³/mol. The second kappa shape index (κ2) is 10.7. The smallest absolute Gasteiger partial charge is 0.396 e. The molecule has 0 amide bonds. The highest BCUT2D eigenvalue weighted by atomic mass is 79.9. The molecule has 0 aliphatic rings. The first-order chi connectivity index (χ1) is 9.78. The molecule has 0 radical (unpaired) electrons. The summed E-state index contributed by atoms with van der Waals surface area (Å²) in [6, 6.07) is 0. The maximum absolute atomic E-state index is 11.9.